The molecule has 1 unspecified atom stereocenters. The van der Waals surface area contributed by atoms with Crippen LogP contribution in [0, 0.1) is 13.8 Å². The van der Waals surface area contributed by atoms with Crippen LogP contribution in [0.15, 0.2) is 54.9 Å². The van der Waals surface area contributed by atoms with Crippen molar-refractivity contribution in [2.75, 3.05) is 20.1 Å². The summed E-state index contributed by atoms with van der Waals surface area (Å²) in [7, 11) is 2.08. The van der Waals surface area contributed by atoms with Crippen LogP contribution in [-0.2, 0) is 17.8 Å². The van der Waals surface area contributed by atoms with E-state index in [2.05, 4.69) is 84.3 Å². The number of aryl methyl sites for hydroxylation is 2. The molecule has 5 nitrogen and oxygen atoms in total. The first-order valence-electron chi connectivity index (χ1n) is 10.6. The molecule has 1 N–H and O–H groups in total. The SMILES string of the molecule is Cc1cccc(CN(C)CCC(=O)N2CCc3[nH]cnc3C2c2cccc(C)c2)c1. The fourth-order valence-corrected chi connectivity index (χ4v) is 4.35. The Morgan fingerprint density at radius 3 is 2.70 bits per heavy atom. The minimum atomic E-state index is -0.116. The number of hydrogen-bond acceptors (Lipinski definition) is 3. The first-order chi connectivity index (χ1) is 14.5. The Morgan fingerprint density at radius 2 is 1.93 bits per heavy atom. The Morgan fingerprint density at radius 1 is 1.17 bits per heavy atom. The third-order valence-electron chi connectivity index (χ3n) is 5.85. The number of carbonyl (C=O) groups is 1. The van der Waals surface area contributed by atoms with Crippen molar-refractivity contribution in [3.63, 3.8) is 0 Å². The van der Waals surface area contributed by atoms with Gasteiger partial charge in [-0.15, -0.1) is 0 Å². The summed E-state index contributed by atoms with van der Waals surface area (Å²) >= 11 is 0. The Labute approximate surface area is 178 Å². The highest BCUT2D eigenvalue weighted by atomic mass is 16.2. The van der Waals surface area contributed by atoms with E-state index in [1.165, 1.54) is 16.7 Å². The van der Waals surface area contributed by atoms with Crippen molar-refractivity contribution < 1.29 is 4.79 Å². The van der Waals surface area contributed by atoms with E-state index < -0.39 is 0 Å². The van der Waals surface area contributed by atoms with E-state index in [1.54, 1.807) is 6.33 Å². The van der Waals surface area contributed by atoms with Crippen molar-refractivity contribution in [1.82, 2.24) is 19.8 Å². The molecule has 0 fully saturated rings. The van der Waals surface area contributed by atoms with Crippen molar-refractivity contribution in [3.05, 3.63) is 88.5 Å². The number of hydrogen-bond donors (Lipinski definition) is 1. The second kappa shape index (κ2) is 8.84. The predicted molar refractivity (Wildman–Crippen MR) is 119 cm³/mol. The minimum absolute atomic E-state index is 0.116. The topological polar surface area (TPSA) is 52.2 Å². The van der Waals surface area contributed by atoms with Crippen LogP contribution < -0.4 is 0 Å². The van der Waals surface area contributed by atoms with E-state index in [0.717, 1.165) is 36.5 Å². The Kier molecular flexibility index (Phi) is 6.00. The molecule has 2 heterocycles. The lowest BCUT2D eigenvalue weighted by molar-refractivity contribution is -0.133. The number of rotatable bonds is 6. The number of nitrogens with zero attached hydrogens (tertiary/aromatic N) is 3. The van der Waals surface area contributed by atoms with Crippen LogP contribution in [0.5, 0.6) is 0 Å². The highest BCUT2D eigenvalue weighted by molar-refractivity contribution is 5.77. The van der Waals surface area contributed by atoms with E-state index in [-0.39, 0.29) is 11.9 Å². The molecule has 3 aromatic rings. The molecule has 30 heavy (non-hydrogen) atoms. The maximum absolute atomic E-state index is 13.3. The highest BCUT2D eigenvalue weighted by Gasteiger charge is 2.33. The molecule has 0 saturated heterocycles. The largest absolute Gasteiger partial charge is 0.348 e. The van der Waals surface area contributed by atoms with E-state index in [9.17, 15) is 4.79 Å². The molecule has 1 aromatic heterocycles. The molecule has 0 saturated carbocycles. The van der Waals surface area contributed by atoms with Crippen LogP contribution >= 0.6 is 0 Å². The lowest BCUT2D eigenvalue weighted by Gasteiger charge is -2.36. The molecule has 1 amide bonds. The monoisotopic (exact) mass is 402 g/mol. The fraction of sp³-hybridized carbons (Fsp3) is 0.360. The summed E-state index contributed by atoms with van der Waals surface area (Å²) in [6, 6.07) is 16.8. The smallest absolute Gasteiger partial charge is 0.224 e. The van der Waals surface area contributed by atoms with Crippen molar-refractivity contribution >= 4 is 5.91 Å². The van der Waals surface area contributed by atoms with E-state index in [1.807, 2.05) is 4.90 Å². The zero-order valence-corrected chi connectivity index (χ0v) is 18.1. The van der Waals surface area contributed by atoms with E-state index in [4.69, 9.17) is 0 Å². The van der Waals surface area contributed by atoms with Gasteiger partial charge in [0.15, 0.2) is 0 Å². The van der Waals surface area contributed by atoms with Gasteiger partial charge >= 0.3 is 0 Å². The molecular weight excluding hydrogens is 372 g/mol. The van der Waals surface area contributed by atoms with Gasteiger partial charge in [-0.05, 0) is 32.0 Å². The van der Waals surface area contributed by atoms with Crippen LogP contribution in [0.3, 0.4) is 0 Å². The Bertz CT molecular complexity index is 1030. The maximum atomic E-state index is 13.3. The average Bonchev–Trinajstić information content (AvgIpc) is 3.20. The van der Waals surface area contributed by atoms with Crippen LogP contribution in [0.4, 0.5) is 0 Å². The van der Waals surface area contributed by atoms with Gasteiger partial charge in [0, 0.05) is 38.2 Å². The van der Waals surface area contributed by atoms with Gasteiger partial charge in [0.2, 0.25) is 5.91 Å². The zero-order valence-electron chi connectivity index (χ0n) is 18.1. The van der Waals surface area contributed by atoms with Gasteiger partial charge in [-0.2, -0.15) is 0 Å². The van der Waals surface area contributed by atoms with Crippen LogP contribution in [0.1, 0.15) is 46.1 Å². The number of imidazole rings is 1. The maximum Gasteiger partial charge on any atom is 0.224 e. The summed E-state index contributed by atoms with van der Waals surface area (Å²) in [5, 5.41) is 0. The molecule has 0 spiro atoms. The first kappa shape index (κ1) is 20.4. The molecule has 4 rings (SSSR count). The second-order valence-electron chi connectivity index (χ2n) is 8.40. The lowest BCUT2D eigenvalue weighted by Crippen LogP contribution is -2.41. The van der Waals surface area contributed by atoms with Crippen molar-refractivity contribution in [1.29, 1.82) is 0 Å². The molecule has 0 bridgehead atoms. The second-order valence-corrected chi connectivity index (χ2v) is 8.40. The third kappa shape index (κ3) is 4.46. The predicted octanol–water partition coefficient (Wildman–Crippen LogP) is 4.02. The number of fused-ring (bicyclic) bond motifs is 1. The first-order valence-corrected chi connectivity index (χ1v) is 10.6. The van der Waals surface area contributed by atoms with Crippen LogP contribution in [0.2, 0.25) is 0 Å². The zero-order chi connectivity index (χ0) is 21.1. The molecule has 1 atom stereocenters. The minimum Gasteiger partial charge on any atom is -0.348 e. The van der Waals surface area contributed by atoms with E-state index >= 15 is 0 Å². The normalized spacial score (nSPS) is 16.0. The third-order valence-corrected chi connectivity index (χ3v) is 5.85. The molecule has 0 aliphatic carbocycles. The molecule has 1 aliphatic rings. The van der Waals surface area contributed by atoms with Gasteiger partial charge in [0.1, 0.15) is 6.04 Å². The molecular formula is C25H30N4O. The van der Waals surface area contributed by atoms with E-state index in [0.29, 0.717) is 13.0 Å². The molecule has 5 heteroatoms. The highest BCUT2D eigenvalue weighted by Crippen LogP contribution is 2.34. The standard InChI is InChI=1S/C25H30N4O/c1-18-6-4-8-20(14-18)16-28(3)12-11-23(30)29-13-10-22-24(27-17-26-22)25(29)21-9-5-7-19(2)15-21/h4-9,14-15,17,25H,10-13,16H2,1-3H3,(H,26,27). The Balaban J connectivity index is 1.47. The van der Waals surface area contributed by atoms with Crippen LogP contribution in [-0.4, -0.2) is 45.8 Å². The summed E-state index contributed by atoms with van der Waals surface area (Å²) in [5.41, 5.74) is 6.99. The summed E-state index contributed by atoms with van der Waals surface area (Å²) < 4.78 is 0. The fourth-order valence-electron chi connectivity index (χ4n) is 4.35. The quantitative estimate of drug-likeness (QED) is 0.677. The molecule has 156 valence electrons. The van der Waals surface area contributed by atoms with Crippen LogP contribution in [0.25, 0.3) is 0 Å². The van der Waals surface area contributed by atoms with Gasteiger partial charge in [-0.25, -0.2) is 4.98 Å². The van der Waals surface area contributed by atoms with Gasteiger partial charge in [-0.3, -0.25) is 4.79 Å². The van der Waals surface area contributed by atoms with Gasteiger partial charge in [0.25, 0.3) is 0 Å². The molecule has 2 aromatic carbocycles. The van der Waals surface area contributed by atoms with Crippen molar-refractivity contribution in [2.45, 2.75) is 39.3 Å². The molecule has 1 aliphatic heterocycles. The summed E-state index contributed by atoms with van der Waals surface area (Å²) in [6.07, 6.45) is 3.07. The number of carbonyl (C=O) groups excluding carboxylic acids is 1. The van der Waals surface area contributed by atoms with Crippen molar-refractivity contribution in [3.8, 4) is 0 Å². The summed E-state index contributed by atoms with van der Waals surface area (Å²) in [4.78, 5) is 25.3. The molecule has 0 radical (unpaired) electrons. The van der Waals surface area contributed by atoms with Gasteiger partial charge < -0.3 is 14.8 Å². The average molecular weight is 403 g/mol. The van der Waals surface area contributed by atoms with Gasteiger partial charge in [0.05, 0.1) is 12.0 Å². The number of aromatic amines is 1. The number of H-pyrrole nitrogens is 1. The number of aromatic nitrogens is 2. The van der Waals surface area contributed by atoms with Crippen molar-refractivity contribution in [2.24, 2.45) is 0 Å². The summed E-state index contributed by atoms with van der Waals surface area (Å²) in [6.45, 7) is 6.49. The van der Waals surface area contributed by atoms with Gasteiger partial charge in [-0.1, -0.05) is 59.7 Å². The Hall–Kier alpha value is -2.92. The lowest BCUT2D eigenvalue weighted by atomic mass is 9.94. The summed E-state index contributed by atoms with van der Waals surface area (Å²) in [5.74, 6) is 0.186. The number of benzene rings is 2. The number of nitrogens with one attached hydrogen (secondary N) is 1. The number of amides is 1.